The third-order valence-electron chi connectivity index (χ3n) is 7.21. The molecule has 2 fully saturated rings. The molecule has 2 N–H and O–H groups in total. The van der Waals surface area contributed by atoms with E-state index in [2.05, 4.69) is 69.3 Å². The molecule has 4 heteroatoms. The molecule has 2 aliphatic rings. The van der Waals surface area contributed by atoms with Gasteiger partial charge in [0.2, 0.25) is 0 Å². The summed E-state index contributed by atoms with van der Waals surface area (Å²) in [5, 5.41) is 21.0. The Kier molecular flexibility index (Phi) is 9.24. The number of aliphatic hydroxyl groups is 2. The van der Waals surface area contributed by atoms with Gasteiger partial charge in [0.1, 0.15) is 0 Å². The molecule has 4 unspecified atom stereocenters. The summed E-state index contributed by atoms with van der Waals surface area (Å²) in [7, 11) is 0. The minimum absolute atomic E-state index is 0. The van der Waals surface area contributed by atoms with Crippen LogP contribution in [0.2, 0.25) is 0 Å². The van der Waals surface area contributed by atoms with Crippen LogP contribution in [0, 0.1) is 38.7 Å². The van der Waals surface area contributed by atoms with Crippen molar-refractivity contribution in [1.29, 1.82) is 0 Å². The number of pyridine rings is 1. The van der Waals surface area contributed by atoms with E-state index >= 15 is 0 Å². The van der Waals surface area contributed by atoms with Crippen molar-refractivity contribution in [2.75, 3.05) is 0 Å². The summed E-state index contributed by atoms with van der Waals surface area (Å²) in [5.41, 5.74) is 6.77. The van der Waals surface area contributed by atoms with Gasteiger partial charge in [0.15, 0.2) is 0 Å². The van der Waals surface area contributed by atoms with E-state index in [1.54, 1.807) is 0 Å². The first-order valence-corrected chi connectivity index (χ1v) is 12.2. The van der Waals surface area contributed by atoms with Gasteiger partial charge >= 0.3 is 0 Å². The van der Waals surface area contributed by atoms with E-state index in [1.807, 2.05) is 0 Å². The molecule has 0 bridgehead atoms. The quantitative estimate of drug-likeness (QED) is 0.312. The Morgan fingerprint density at radius 2 is 1.55 bits per heavy atom. The molecule has 0 spiro atoms. The number of aliphatic hydroxyl groups excluding tert-OH is 2. The SMILES string of the molecule is Cc1[c-]c(-c2ccc3c(C)cccc3n2)cc(C)c1.OC1CCCCC2CCCC(O)C12.[Ir]. The van der Waals surface area contributed by atoms with Crippen LogP contribution in [0.15, 0.2) is 42.5 Å². The average Bonchev–Trinajstić information content (AvgIpc) is 2.96. The maximum absolute atomic E-state index is 9.89. The molecule has 33 heavy (non-hydrogen) atoms. The van der Waals surface area contributed by atoms with Crippen LogP contribution in [0.25, 0.3) is 22.2 Å². The zero-order valence-electron chi connectivity index (χ0n) is 20.0. The first kappa shape index (κ1) is 26.0. The number of nitrogens with zero attached hydrogens (tertiary/aromatic N) is 1. The van der Waals surface area contributed by atoms with E-state index in [1.165, 1.54) is 35.8 Å². The predicted octanol–water partition coefficient (Wildman–Crippen LogP) is 6.32. The maximum Gasteiger partial charge on any atom is 0.0597 e. The van der Waals surface area contributed by atoms with E-state index < -0.39 is 0 Å². The van der Waals surface area contributed by atoms with Crippen LogP contribution in [-0.4, -0.2) is 27.4 Å². The smallest absolute Gasteiger partial charge is 0.0597 e. The molecular weight excluding hydrogens is 587 g/mol. The van der Waals surface area contributed by atoms with E-state index in [-0.39, 0.29) is 38.2 Å². The molecule has 2 aliphatic carbocycles. The third kappa shape index (κ3) is 6.31. The number of benzene rings is 2. The zero-order chi connectivity index (χ0) is 22.7. The van der Waals surface area contributed by atoms with Gasteiger partial charge in [-0.1, -0.05) is 57.4 Å². The molecule has 1 radical (unpaired) electrons. The Bertz CT molecular complexity index is 1050. The van der Waals surface area contributed by atoms with Crippen molar-refractivity contribution in [1.82, 2.24) is 4.98 Å². The Hall–Kier alpha value is -1.58. The Balaban J connectivity index is 0.000000192. The fraction of sp³-hybridized carbons (Fsp3) is 0.483. The Morgan fingerprint density at radius 1 is 0.848 bits per heavy atom. The largest absolute Gasteiger partial charge is 0.393 e. The van der Waals surface area contributed by atoms with E-state index in [0.717, 1.165) is 48.0 Å². The monoisotopic (exact) mass is 623 g/mol. The summed E-state index contributed by atoms with van der Waals surface area (Å²) >= 11 is 0. The second-order valence-electron chi connectivity index (χ2n) is 9.78. The third-order valence-corrected chi connectivity index (χ3v) is 7.21. The normalized spacial score (nSPS) is 24.6. The first-order chi connectivity index (χ1) is 15.4. The van der Waals surface area contributed by atoms with Crippen LogP contribution < -0.4 is 0 Å². The van der Waals surface area contributed by atoms with Crippen LogP contribution >= 0.6 is 0 Å². The van der Waals surface area contributed by atoms with Crippen molar-refractivity contribution in [3.05, 3.63) is 65.2 Å². The van der Waals surface area contributed by atoms with Gasteiger partial charge < -0.3 is 10.2 Å². The molecule has 1 heterocycles. The summed E-state index contributed by atoms with van der Waals surface area (Å²) in [6.07, 6.45) is 7.31. The van der Waals surface area contributed by atoms with Gasteiger partial charge in [-0.05, 0) is 55.8 Å². The van der Waals surface area contributed by atoms with Gasteiger partial charge in [0.25, 0.3) is 0 Å². The Morgan fingerprint density at radius 3 is 2.30 bits per heavy atom. The molecule has 2 aromatic carbocycles. The molecule has 4 atom stereocenters. The summed E-state index contributed by atoms with van der Waals surface area (Å²) in [6.45, 7) is 6.30. The van der Waals surface area contributed by atoms with Crippen LogP contribution in [-0.2, 0) is 20.1 Å². The summed E-state index contributed by atoms with van der Waals surface area (Å²) in [6, 6.07) is 18.1. The number of aryl methyl sites for hydroxylation is 3. The maximum atomic E-state index is 9.89. The summed E-state index contributed by atoms with van der Waals surface area (Å²) in [4.78, 5) is 4.76. The van der Waals surface area contributed by atoms with E-state index in [4.69, 9.17) is 4.98 Å². The van der Waals surface area contributed by atoms with Crippen LogP contribution in [0.5, 0.6) is 0 Å². The standard InChI is InChI=1S/C18H16N.C11H20O2.Ir/c1-12-9-13(2)11-15(10-12)17-8-7-16-14(3)5-4-6-18(16)19-17;12-9-6-2-1-4-8-5-3-7-10(13)11(8)9;/h4-10H,1-3H3;8-13H,1-7H2;/q-1;;. The van der Waals surface area contributed by atoms with Crippen molar-refractivity contribution in [3.8, 4) is 11.3 Å². The van der Waals surface area contributed by atoms with Crippen molar-refractivity contribution in [2.24, 2.45) is 11.8 Å². The minimum Gasteiger partial charge on any atom is -0.393 e. The molecule has 3 nitrogen and oxygen atoms in total. The van der Waals surface area contributed by atoms with E-state index in [9.17, 15) is 10.2 Å². The Labute approximate surface area is 212 Å². The van der Waals surface area contributed by atoms with Crippen molar-refractivity contribution in [3.63, 3.8) is 0 Å². The second kappa shape index (κ2) is 11.7. The molecule has 0 amide bonds. The second-order valence-corrected chi connectivity index (χ2v) is 9.78. The fourth-order valence-corrected chi connectivity index (χ4v) is 5.64. The number of fused-ring (bicyclic) bond motifs is 2. The van der Waals surface area contributed by atoms with Crippen LogP contribution in [0.4, 0.5) is 0 Å². The van der Waals surface area contributed by atoms with Crippen molar-refractivity contribution in [2.45, 2.75) is 77.9 Å². The number of aromatic nitrogens is 1. The fourth-order valence-electron chi connectivity index (χ4n) is 5.64. The van der Waals surface area contributed by atoms with Gasteiger partial charge in [-0.15, -0.1) is 34.9 Å². The number of hydrogen-bond acceptors (Lipinski definition) is 3. The molecule has 1 aromatic heterocycles. The molecule has 0 saturated heterocycles. The summed E-state index contributed by atoms with van der Waals surface area (Å²) < 4.78 is 0. The molecule has 0 aliphatic heterocycles. The summed E-state index contributed by atoms with van der Waals surface area (Å²) in [5.74, 6) is 0.789. The average molecular weight is 623 g/mol. The molecule has 2 saturated carbocycles. The number of hydrogen-bond donors (Lipinski definition) is 2. The van der Waals surface area contributed by atoms with Crippen molar-refractivity contribution < 1.29 is 30.3 Å². The number of rotatable bonds is 1. The van der Waals surface area contributed by atoms with Gasteiger partial charge in [0.05, 0.1) is 17.7 Å². The molecular formula is C29H36IrNO2-. The molecule has 5 rings (SSSR count). The van der Waals surface area contributed by atoms with Gasteiger partial charge in [-0.25, -0.2) is 0 Å². The van der Waals surface area contributed by atoms with Crippen LogP contribution in [0.1, 0.15) is 61.6 Å². The van der Waals surface area contributed by atoms with Gasteiger partial charge in [0, 0.05) is 31.4 Å². The van der Waals surface area contributed by atoms with Gasteiger partial charge in [-0.2, -0.15) is 0 Å². The first-order valence-electron chi connectivity index (χ1n) is 12.2. The topological polar surface area (TPSA) is 53.4 Å². The minimum atomic E-state index is -0.234. The zero-order valence-corrected chi connectivity index (χ0v) is 22.4. The predicted molar refractivity (Wildman–Crippen MR) is 132 cm³/mol. The molecule has 179 valence electrons. The van der Waals surface area contributed by atoms with Crippen molar-refractivity contribution >= 4 is 10.9 Å². The van der Waals surface area contributed by atoms with Crippen LogP contribution in [0.3, 0.4) is 0 Å². The molecule has 3 aromatic rings. The van der Waals surface area contributed by atoms with Gasteiger partial charge in [-0.3, -0.25) is 4.98 Å². The van der Waals surface area contributed by atoms with E-state index in [0.29, 0.717) is 5.92 Å².